The molecule has 15 heteroatoms. The van der Waals surface area contributed by atoms with Gasteiger partial charge in [-0.15, -0.1) is 0 Å². The molecule has 87 heavy (non-hydrogen) atoms. The molecular formula is C72H116O13Si2. The van der Waals surface area contributed by atoms with E-state index in [1.54, 1.807) is 0 Å². The Balaban J connectivity index is 2.57. The monoisotopic (exact) mass is 1240 g/mol. The Morgan fingerprint density at radius 3 is 0.494 bits per heavy atom. The van der Waals surface area contributed by atoms with Crippen molar-refractivity contribution in [1.29, 1.82) is 0 Å². The molecule has 0 bridgehead atoms. The van der Waals surface area contributed by atoms with Crippen molar-refractivity contribution in [3.8, 4) is 69.0 Å². The van der Waals surface area contributed by atoms with Crippen LogP contribution in [-0.2, 0) is 4.12 Å². The standard InChI is InChI=1S/C72H116O13Si2/c1-13-25-45-73-57-37-41-61(77-49-29-17-5)69(65(57)81-53-33-21-9)86(70-62(78-50-30-18-6)42-38-58(74-46-26-14-2)66(70)82-54-34-22-10)85-87(71-63(79-51-31-19-7)43-39-59(75-47-27-15-3)67(71)83-55-35-23-11)72-64(80-52-32-20-8)44-40-60(76-48-28-16-4)68(72)84-56-36-24-12/h37-44H,13-36,45-56H2,1-12H3. The van der Waals surface area contributed by atoms with Gasteiger partial charge in [-0.25, -0.2) is 0 Å². The van der Waals surface area contributed by atoms with Crippen LogP contribution in [0.4, 0.5) is 0 Å². The average Bonchev–Trinajstić information content (AvgIpc) is 0.982. The fourth-order valence-electron chi connectivity index (χ4n) is 8.99. The van der Waals surface area contributed by atoms with Crippen LogP contribution in [0, 0.1) is 0 Å². The smallest absolute Gasteiger partial charge is 0.288 e. The van der Waals surface area contributed by atoms with Crippen LogP contribution >= 0.6 is 0 Å². The van der Waals surface area contributed by atoms with Gasteiger partial charge < -0.3 is 61.0 Å². The Kier molecular flexibility index (Phi) is 39.3. The summed E-state index contributed by atoms with van der Waals surface area (Å²) in [6, 6.07) is 16.3. The van der Waals surface area contributed by atoms with E-state index in [-0.39, 0.29) is 0 Å². The van der Waals surface area contributed by atoms with Gasteiger partial charge in [-0.3, -0.25) is 0 Å². The van der Waals surface area contributed by atoms with Crippen LogP contribution in [0.2, 0.25) is 0 Å². The second kappa shape index (κ2) is 46.0. The minimum Gasteiger partial charge on any atom is -0.493 e. The number of hydrogen-bond donors (Lipinski definition) is 0. The molecule has 0 aliphatic rings. The summed E-state index contributed by atoms with van der Waals surface area (Å²) in [5, 5.41) is 2.96. The molecule has 0 heterocycles. The van der Waals surface area contributed by atoms with Crippen molar-refractivity contribution in [2.45, 2.75) is 237 Å². The maximum atomic E-state index is 8.83. The molecule has 13 nitrogen and oxygen atoms in total. The largest absolute Gasteiger partial charge is 0.493 e. The Morgan fingerprint density at radius 2 is 0.333 bits per heavy atom. The molecule has 0 amide bonds. The first-order chi connectivity index (χ1) is 42.8. The summed E-state index contributed by atoms with van der Waals surface area (Å²) in [6.07, 6.45) is 21.3. The Labute approximate surface area is 531 Å². The van der Waals surface area contributed by atoms with Gasteiger partial charge in [-0.05, 0) is 126 Å². The lowest BCUT2D eigenvalue weighted by Gasteiger charge is -2.32. The van der Waals surface area contributed by atoms with Gasteiger partial charge in [0.25, 0.3) is 18.1 Å². The van der Waals surface area contributed by atoms with Gasteiger partial charge >= 0.3 is 0 Å². The molecule has 0 saturated carbocycles. The second-order valence-electron chi connectivity index (χ2n) is 22.2. The molecule has 0 aromatic heterocycles. The van der Waals surface area contributed by atoms with Crippen molar-refractivity contribution in [1.82, 2.24) is 0 Å². The van der Waals surface area contributed by atoms with Crippen LogP contribution < -0.4 is 77.6 Å². The zero-order valence-corrected chi connectivity index (χ0v) is 58.4. The molecule has 0 fully saturated rings. The first kappa shape index (κ1) is 74.3. The van der Waals surface area contributed by atoms with E-state index in [0.29, 0.717) is 148 Å². The second-order valence-corrected chi connectivity index (χ2v) is 26.4. The summed E-state index contributed by atoms with van der Waals surface area (Å²) in [6.45, 7) is 31.8. The molecule has 4 aromatic carbocycles. The topological polar surface area (TPSA) is 120 Å². The van der Waals surface area contributed by atoms with Crippen molar-refractivity contribution in [3.05, 3.63) is 48.5 Å². The summed E-state index contributed by atoms with van der Waals surface area (Å²) in [4.78, 5) is 0. The van der Waals surface area contributed by atoms with E-state index < -0.39 is 18.1 Å². The van der Waals surface area contributed by atoms with Gasteiger partial charge in [0.1, 0.15) is 23.0 Å². The van der Waals surface area contributed by atoms with E-state index in [1.807, 2.05) is 24.3 Å². The van der Waals surface area contributed by atoms with Gasteiger partial charge in [0.05, 0.1) is 100 Å². The van der Waals surface area contributed by atoms with Gasteiger partial charge in [-0.2, -0.15) is 0 Å². The van der Waals surface area contributed by atoms with Crippen molar-refractivity contribution < 1.29 is 61.0 Å². The number of rotatable bonds is 54. The lowest BCUT2D eigenvalue weighted by molar-refractivity contribution is 0.258. The van der Waals surface area contributed by atoms with Crippen molar-refractivity contribution >= 4 is 38.8 Å². The number of unbranched alkanes of at least 4 members (excludes halogenated alkanes) is 12. The fourth-order valence-corrected chi connectivity index (χ4v) is 15.1. The third-order valence-corrected chi connectivity index (χ3v) is 19.8. The molecule has 0 aliphatic heterocycles. The van der Waals surface area contributed by atoms with E-state index in [0.717, 1.165) is 175 Å². The van der Waals surface area contributed by atoms with Crippen LogP contribution in [-0.4, -0.2) is 97.4 Å². The Morgan fingerprint density at radius 1 is 0.195 bits per heavy atom. The number of benzene rings is 4. The predicted molar refractivity (Wildman–Crippen MR) is 362 cm³/mol. The Bertz CT molecular complexity index is 2110. The van der Waals surface area contributed by atoms with Gasteiger partial charge in [-0.1, -0.05) is 160 Å². The van der Waals surface area contributed by atoms with E-state index in [1.165, 1.54) is 0 Å². The van der Waals surface area contributed by atoms with Crippen LogP contribution in [0.15, 0.2) is 48.5 Å². The maximum absolute atomic E-state index is 8.83. The minimum atomic E-state index is -2.91. The highest BCUT2D eigenvalue weighted by atomic mass is 28.4. The number of hydrogen-bond acceptors (Lipinski definition) is 13. The van der Waals surface area contributed by atoms with Crippen molar-refractivity contribution in [2.24, 2.45) is 0 Å². The van der Waals surface area contributed by atoms with Crippen LogP contribution in [0.3, 0.4) is 0 Å². The van der Waals surface area contributed by atoms with E-state index >= 15 is 0 Å². The zero-order chi connectivity index (χ0) is 62.7. The molecule has 0 atom stereocenters. The summed E-state index contributed by atoms with van der Waals surface area (Å²) < 4.78 is 94.2. The SMILES string of the molecule is CCCCOc1ccc(OCCCC)c([Si](O[Si](c2c(OCCCC)ccc(OCCCC)c2OCCCC)c2c(OCCCC)ccc(OCCCC)c2OCCCC)c2c(OCCCC)ccc(OCCCC)c2OCCCC)c1OCCCC. The van der Waals surface area contributed by atoms with Crippen LogP contribution in [0.1, 0.15) is 237 Å². The highest BCUT2D eigenvalue weighted by Crippen LogP contribution is 2.40. The van der Waals surface area contributed by atoms with Gasteiger partial charge in [0, 0.05) is 0 Å². The van der Waals surface area contributed by atoms with E-state index in [2.05, 4.69) is 107 Å². The molecule has 0 aliphatic carbocycles. The molecule has 4 aromatic rings. The summed E-state index contributed by atoms with van der Waals surface area (Å²) in [7, 11) is -5.82. The molecule has 0 spiro atoms. The molecule has 0 saturated heterocycles. The average molecular weight is 1250 g/mol. The quantitative estimate of drug-likeness (QED) is 0.0308. The van der Waals surface area contributed by atoms with Crippen molar-refractivity contribution in [3.63, 3.8) is 0 Å². The molecule has 4 rings (SSSR count). The highest BCUT2D eigenvalue weighted by Gasteiger charge is 2.45. The maximum Gasteiger partial charge on any atom is 0.288 e. The van der Waals surface area contributed by atoms with Crippen molar-refractivity contribution in [2.75, 3.05) is 79.3 Å². The highest BCUT2D eigenvalue weighted by molar-refractivity contribution is 6.94. The molecular weight excluding hydrogens is 1130 g/mol. The van der Waals surface area contributed by atoms with E-state index in [4.69, 9.17) is 61.0 Å². The molecule has 0 unspecified atom stereocenters. The molecule has 2 radical (unpaired) electrons. The lowest BCUT2D eigenvalue weighted by Crippen LogP contribution is -2.58. The normalized spacial score (nSPS) is 11.3. The minimum absolute atomic E-state index is 0.433. The first-order valence-corrected chi connectivity index (χ1v) is 37.3. The first-order valence-electron chi connectivity index (χ1n) is 34.4. The van der Waals surface area contributed by atoms with Crippen LogP contribution in [0.5, 0.6) is 69.0 Å². The fraction of sp³-hybridized carbons (Fsp3) is 0.667. The number of ether oxygens (including phenoxy) is 12. The van der Waals surface area contributed by atoms with E-state index in [9.17, 15) is 0 Å². The van der Waals surface area contributed by atoms with Crippen LogP contribution in [0.25, 0.3) is 0 Å². The predicted octanol–water partition coefficient (Wildman–Crippen LogP) is 16.8. The third-order valence-electron chi connectivity index (χ3n) is 14.5. The van der Waals surface area contributed by atoms with Gasteiger partial charge in [0.2, 0.25) is 0 Å². The third kappa shape index (κ3) is 24.6. The molecule has 490 valence electrons. The Hall–Kier alpha value is -5.13. The summed E-state index contributed by atoms with van der Waals surface area (Å²) in [5.74, 6) is 7.31. The van der Waals surface area contributed by atoms with Gasteiger partial charge in [0.15, 0.2) is 46.0 Å². The summed E-state index contributed by atoms with van der Waals surface area (Å²) in [5.41, 5.74) is 0. The molecule has 0 N–H and O–H groups in total. The lowest BCUT2D eigenvalue weighted by atomic mass is 10.2. The zero-order valence-electron chi connectivity index (χ0n) is 56.4. The summed E-state index contributed by atoms with van der Waals surface area (Å²) >= 11 is 0.